The van der Waals surface area contributed by atoms with Crippen LogP contribution in [0.3, 0.4) is 0 Å². The molecule has 0 saturated carbocycles. The summed E-state index contributed by atoms with van der Waals surface area (Å²) in [5.74, 6) is 0.501. The highest BCUT2D eigenvalue weighted by Gasteiger charge is 2.21. The predicted octanol–water partition coefficient (Wildman–Crippen LogP) is 3.46. The first kappa shape index (κ1) is 21.1. The molecule has 1 aromatic heterocycles. The number of anilines is 2. The SMILES string of the molecule is COc1ccccc1NS(=O)(=O)c1cc(C(=O)Nc2ncccc2OC)ccc1C. The molecule has 156 valence electrons. The quantitative estimate of drug-likeness (QED) is 0.598. The van der Waals surface area contributed by atoms with Crippen LogP contribution >= 0.6 is 0 Å². The number of hydrogen-bond acceptors (Lipinski definition) is 6. The molecule has 30 heavy (non-hydrogen) atoms. The first-order valence-corrected chi connectivity index (χ1v) is 10.4. The van der Waals surface area contributed by atoms with Gasteiger partial charge in [0.15, 0.2) is 11.6 Å². The molecule has 0 aliphatic heterocycles. The van der Waals surface area contributed by atoms with E-state index in [4.69, 9.17) is 9.47 Å². The second-order valence-electron chi connectivity index (χ2n) is 6.29. The van der Waals surface area contributed by atoms with E-state index in [1.807, 2.05) is 0 Å². The lowest BCUT2D eigenvalue weighted by atomic mass is 10.1. The summed E-state index contributed by atoms with van der Waals surface area (Å²) in [6.45, 7) is 1.65. The van der Waals surface area contributed by atoms with Gasteiger partial charge >= 0.3 is 0 Å². The average Bonchev–Trinajstić information content (AvgIpc) is 2.74. The van der Waals surface area contributed by atoms with Crippen molar-refractivity contribution in [3.8, 4) is 11.5 Å². The van der Waals surface area contributed by atoms with Crippen molar-refractivity contribution in [2.75, 3.05) is 24.3 Å². The number of benzene rings is 2. The van der Waals surface area contributed by atoms with Crippen LogP contribution in [0.15, 0.2) is 65.7 Å². The van der Waals surface area contributed by atoms with Gasteiger partial charge in [-0.2, -0.15) is 0 Å². The molecule has 8 nitrogen and oxygen atoms in total. The minimum atomic E-state index is -3.97. The number of carbonyl (C=O) groups excluding carboxylic acids is 1. The second kappa shape index (κ2) is 8.83. The van der Waals surface area contributed by atoms with E-state index in [1.165, 1.54) is 26.5 Å². The highest BCUT2D eigenvalue weighted by atomic mass is 32.2. The molecule has 3 aromatic rings. The number of sulfonamides is 1. The van der Waals surface area contributed by atoms with E-state index in [9.17, 15) is 13.2 Å². The van der Waals surface area contributed by atoms with Crippen molar-refractivity contribution in [3.63, 3.8) is 0 Å². The van der Waals surface area contributed by atoms with Gasteiger partial charge in [0.05, 0.1) is 24.8 Å². The van der Waals surface area contributed by atoms with Gasteiger partial charge in [0.1, 0.15) is 5.75 Å². The third-order valence-electron chi connectivity index (χ3n) is 4.31. The minimum Gasteiger partial charge on any atom is -0.495 e. The average molecular weight is 427 g/mol. The second-order valence-corrected chi connectivity index (χ2v) is 7.95. The number of nitrogens with one attached hydrogen (secondary N) is 2. The topological polar surface area (TPSA) is 107 Å². The summed E-state index contributed by atoms with van der Waals surface area (Å²) in [5, 5.41) is 2.63. The molecule has 3 rings (SSSR count). The van der Waals surface area contributed by atoms with Gasteiger partial charge in [0.2, 0.25) is 0 Å². The first-order chi connectivity index (χ1) is 14.4. The first-order valence-electron chi connectivity index (χ1n) is 8.92. The number of nitrogens with zero attached hydrogens (tertiary/aromatic N) is 1. The van der Waals surface area contributed by atoms with Crippen LogP contribution < -0.4 is 19.5 Å². The van der Waals surface area contributed by atoms with Gasteiger partial charge in [0.25, 0.3) is 15.9 Å². The smallest absolute Gasteiger partial charge is 0.262 e. The monoisotopic (exact) mass is 427 g/mol. The number of pyridine rings is 1. The third kappa shape index (κ3) is 4.52. The number of carbonyl (C=O) groups is 1. The van der Waals surface area contributed by atoms with E-state index in [-0.39, 0.29) is 16.3 Å². The van der Waals surface area contributed by atoms with Gasteiger partial charge in [-0.3, -0.25) is 9.52 Å². The summed E-state index contributed by atoms with van der Waals surface area (Å²) >= 11 is 0. The van der Waals surface area contributed by atoms with Crippen LogP contribution in [-0.4, -0.2) is 33.5 Å². The zero-order valence-corrected chi connectivity index (χ0v) is 17.5. The van der Waals surface area contributed by atoms with Crippen LogP contribution in [0.4, 0.5) is 11.5 Å². The van der Waals surface area contributed by atoms with E-state index in [1.54, 1.807) is 55.5 Å². The van der Waals surface area contributed by atoms with Crippen molar-refractivity contribution in [2.45, 2.75) is 11.8 Å². The molecule has 0 spiro atoms. The molecule has 0 fully saturated rings. The molecule has 2 N–H and O–H groups in total. The Morgan fingerprint density at radius 1 is 0.967 bits per heavy atom. The van der Waals surface area contributed by atoms with Gasteiger partial charge < -0.3 is 14.8 Å². The number of aryl methyl sites for hydroxylation is 1. The number of hydrogen-bond donors (Lipinski definition) is 2. The number of para-hydroxylation sites is 2. The van der Waals surface area contributed by atoms with Crippen LogP contribution in [0.25, 0.3) is 0 Å². The molecular formula is C21H21N3O5S. The molecule has 0 radical (unpaired) electrons. The highest BCUT2D eigenvalue weighted by molar-refractivity contribution is 7.92. The van der Waals surface area contributed by atoms with Crippen LogP contribution in [0.1, 0.15) is 15.9 Å². The van der Waals surface area contributed by atoms with E-state index >= 15 is 0 Å². The molecule has 0 atom stereocenters. The van der Waals surface area contributed by atoms with Gasteiger partial charge in [-0.1, -0.05) is 18.2 Å². The van der Waals surface area contributed by atoms with E-state index < -0.39 is 15.9 Å². The summed E-state index contributed by atoms with van der Waals surface area (Å²) in [4.78, 5) is 16.7. The Balaban J connectivity index is 1.91. The summed E-state index contributed by atoms with van der Waals surface area (Å²) in [7, 11) is -1.05. The fraction of sp³-hybridized carbons (Fsp3) is 0.143. The lowest BCUT2D eigenvalue weighted by molar-refractivity contribution is 0.102. The van der Waals surface area contributed by atoms with Crippen LogP contribution in [-0.2, 0) is 10.0 Å². The molecule has 9 heteroatoms. The molecule has 0 unspecified atom stereocenters. The molecule has 0 saturated heterocycles. The summed E-state index contributed by atoms with van der Waals surface area (Å²) in [6, 6.07) is 14.4. The molecule has 1 amide bonds. The van der Waals surface area contributed by atoms with E-state index in [0.717, 1.165) is 0 Å². The maximum atomic E-state index is 13.0. The van der Waals surface area contributed by atoms with Crippen molar-refractivity contribution in [2.24, 2.45) is 0 Å². The molecule has 0 aliphatic rings. The van der Waals surface area contributed by atoms with Crippen molar-refractivity contribution in [1.29, 1.82) is 0 Å². The number of methoxy groups -OCH3 is 2. The van der Waals surface area contributed by atoms with Crippen molar-refractivity contribution >= 4 is 27.4 Å². The van der Waals surface area contributed by atoms with Gasteiger partial charge in [0, 0.05) is 11.8 Å². The Bertz CT molecular complexity index is 1180. The lowest BCUT2D eigenvalue weighted by Gasteiger charge is -2.14. The van der Waals surface area contributed by atoms with Gasteiger partial charge in [-0.15, -0.1) is 0 Å². The molecule has 1 heterocycles. The van der Waals surface area contributed by atoms with Crippen LogP contribution in [0.2, 0.25) is 0 Å². The largest absolute Gasteiger partial charge is 0.495 e. The van der Waals surface area contributed by atoms with E-state index in [2.05, 4.69) is 15.0 Å². The lowest BCUT2D eigenvalue weighted by Crippen LogP contribution is -2.18. The zero-order chi connectivity index (χ0) is 21.7. The van der Waals surface area contributed by atoms with Crippen molar-refractivity contribution in [1.82, 2.24) is 4.98 Å². The number of amides is 1. The maximum Gasteiger partial charge on any atom is 0.262 e. The molecule has 0 aliphatic carbocycles. The molecule has 0 bridgehead atoms. The Kier molecular flexibility index (Phi) is 6.22. The third-order valence-corrected chi connectivity index (χ3v) is 5.82. The zero-order valence-electron chi connectivity index (χ0n) is 16.7. The highest BCUT2D eigenvalue weighted by Crippen LogP contribution is 2.28. The van der Waals surface area contributed by atoms with Gasteiger partial charge in [-0.25, -0.2) is 13.4 Å². The number of aromatic nitrogens is 1. The fourth-order valence-electron chi connectivity index (χ4n) is 2.79. The Labute approximate surface area is 174 Å². The normalized spacial score (nSPS) is 10.9. The molecular weight excluding hydrogens is 406 g/mol. The predicted molar refractivity (Wildman–Crippen MR) is 114 cm³/mol. The van der Waals surface area contributed by atoms with Crippen molar-refractivity contribution in [3.05, 3.63) is 71.9 Å². The summed E-state index contributed by atoms with van der Waals surface area (Å²) in [5.41, 5.74) is 0.950. The standard InChI is InChI=1S/C21H21N3O5S/c1-14-10-11-15(21(25)23-20-18(29-3)9-6-12-22-20)13-19(14)30(26,27)24-16-7-4-5-8-17(16)28-2/h4-13,24H,1-3H3,(H,22,23,25). The van der Waals surface area contributed by atoms with E-state index in [0.29, 0.717) is 22.7 Å². The summed E-state index contributed by atoms with van der Waals surface area (Å²) in [6.07, 6.45) is 1.51. The fourth-order valence-corrected chi connectivity index (χ4v) is 4.13. The maximum absolute atomic E-state index is 13.0. The molecule has 2 aromatic carbocycles. The number of rotatable bonds is 7. The van der Waals surface area contributed by atoms with Gasteiger partial charge in [-0.05, 0) is 48.9 Å². The van der Waals surface area contributed by atoms with Crippen LogP contribution in [0, 0.1) is 6.92 Å². The summed E-state index contributed by atoms with van der Waals surface area (Å²) < 4.78 is 38.9. The Hall–Kier alpha value is -3.59. The Morgan fingerprint density at radius 3 is 2.40 bits per heavy atom. The minimum absolute atomic E-state index is 0.0194. The Morgan fingerprint density at radius 2 is 1.67 bits per heavy atom. The van der Waals surface area contributed by atoms with Crippen LogP contribution in [0.5, 0.6) is 11.5 Å². The van der Waals surface area contributed by atoms with Crippen molar-refractivity contribution < 1.29 is 22.7 Å². The number of ether oxygens (including phenoxy) is 2.